The van der Waals surface area contributed by atoms with Gasteiger partial charge in [0.2, 0.25) is 11.7 Å². The number of anilines is 1. The lowest BCUT2D eigenvalue weighted by Crippen LogP contribution is -2.38. The molecular weight excluding hydrogens is 524 g/mol. The number of nitriles is 1. The Morgan fingerprint density at radius 3 is 2.66 bits per heavy atom. The van der Waals surface area contributed by atoms with Gasteiger partial charge in [0, 0.05) is 49.5 Å². The van der Waals surface area contributed by atoms with Crippen LogP contribution < -0.4 is 20.9 Å². The molecule has 2 aliphatic heterocycles. The predicted molar refractivity (Wildman–Crippen MR) is 151 cm³/mol. The van der Waals surface area contributed by atoms with Gasteiger partial charge in [-0.25, -0.2) is 0 Å². The van der Waals surface area contributed by atoms with Crippen molar-refractivity contribution in [3.05, 3.63) is 69.3 Å². The summed E-state index contributed by atoms with van der Waals surface area (Å²) in [5.41, 5.74) is 8.45. The first-order valence-corrected chi connectivity index (χ1v) is 13.6. The molecule has 2 aromatic heterocycles. The highest BCUT2D eigenvalue weighted by atomic mass is 16.5. The number of primary amides is 1. The molecule has 41 heavy (non-hydrogen) atoms. The summed E-state index contributed by atoms with van der Waals surface area (Å²) < 4.78 is 18.5. The van der Waals surface area contributed by atoms with Crippen LogP contribution >= 0.6 is 0 Å². The summed E-state index contributed by atoms with van der Waals surface area (Å²) >= 11 is 0. The summed E-state index contributed by atoms with van der Waals surface area (Å²) in [6.07, 6.45) is 1.88. The summed E-state index contributed by atoms with van der Waals surface area (Å²) in [7, 11) is 1.59. The third-order valence-corrected chi connectivity index (χ3v) is 8.01. The van der Waals surface area contributed by atoms with Crippen LogP contribution in [0, 0.1) is 18.3 Å². The van der Waals surface area contributed by atoms with Crippen molar-refractivity contribution in [2.45, 2.75) is 38.2 Å². The molecule has 0 saturated carbocycles. The van der Waals surface area contributed by atoms with Gasteiger partial charge in [-0.1, -0.05) is 29.4 Å². The lowest BCUT2D eigenvalue weighted by molar-refractivity contribution is 0.0999. The summed E-state index contributed by atoms with van der Waals surface area (Å²) in [5, 5.41) is 14.8. The Hall–Kier alpha value is -4.69. The van der Waals surface area contributed by atoms with Crippen molar-refractivity contribution in [2.75, 3.05) is 31.2 Å². The van der Waals surface area contributed by atoms with Gasteiger partial charge < -0.3 is 29.2 Å². The van der Waals surface area contributed by atoms with Crippen molar-refractivity contribution >= 4 is 22.5 Å². The average Bonchev–Trinajstić information content (AvgIpc) is 3.68. The molecule has 11 heteroatoms. The van der Waals surface area contributed by atoms with Gasteiger partial charge >= 0.3 is 0 Å². The molecular formula is C30H30N6O5. The first kappa shape index (κ1) is 26.5. The van der Waals surface area contributed by atoms with Crippen molar-refractivity contribution in [2.24, 2.45) is 12.8 Å². The number of hydrogen-bond acceptors (Lipinski definition) is 9. The van der Waals surface area contributed by atoms with Crippen LogP contribution in [0.2, 0.25) is 0 Å². The maximum atomic E-state index is 13.4. The number of benzene rings is 2. The molecule has 2 fully saturated rings. The average molecular weight is 555 g/mol. The number of pyridine rings is 1. The molecule has 1 amide bonds. The Kier molecular flexibility index (Phi) is 6.93. The number of carbonyl (C=O) groups is 1. The molecule has 2 saturated heterocycles. The van der Waals surface area contributed by atoms with Crippen molar-refractivity contribution in [1.29, 1.82) is 5.26 Å². The first-order chi connectivity index (χ1) is 19.9. The van der Waals surface area contributed by atoms with Crippen LogP contribution in [0.15, 0.2) is 45.7 Å². The number of nitrogens with zero attached hydrogens (tertiary/aromatic N) is 5. The minimum Gasteiger partial charge on any atom is -0.486 e. The number of amides is 1. The third-order valence-electron chi connectivity index (χ3n) is 8.01. The number of fused-ring (bicyclic) bond motifs is 1. The van der Waals surface area contributed by atoms with Crippen LogP contribution in [0.5, 0.6) is 5.75 Å². The Morgan fingerprint density at radius 1 is 1.20 bits per heavy atom. The molecule has 11 nitrogen and oxygen atoms in total. The molecule has 1 atom stereocenters. The lowest BCUT2D eigenvalue weighted by atomic mass is 9.94. The highest BCUT2D eigenvalue weighted by Gasteiger charge is 2.31. The van der Waals surface area contributed by atoms with Crippen LogP contribution in [0.3, 0.4) is 0 Å². The number of nitrogens with two attached hydrogens (primary N) is 1. The van der Waals surface area contributed by atoms with E-state index in [1.165, 1.54) is 4.57 Å². The van der Waals surface area contributed by atoms with Crippen molar-refractivity contribution in [1.82, 2.24) is 14.7 Å². The number of aryl methyl sites for hydroxylation is 2. The van der Waals surface area contributed by atoms with E-state index in [-0.39, 0.29) is 17.6 Å². The van der Waals surface area contributed by atoms with Crippen LogP contribution in [0.25, 0.3) is 22.3 Å². The number of ether oxygens (including phenoxy) is 2. The topological polar surface area (TPSA) is 150 Å². The molecule has 2 N–H and O–H groups in total. The normalized spacial score (nSPS) is 17.6. The molecule has 0 aliphatic carbocycles. The summed E-state index contributed by atoms with van der Waals surface area (Å²) in [6.45, 7) is 4.08. The predicted octanol–water partition coefficient (Wildman–Crippen LogP) is 3.42. The van der Waals surface area contributed by atoms with Gasteiger partial charge in [-0.2, -0.15) is 10.2 Å². The highest BCUT2D eigenvalue weighted by molar-refractivity contribution is 6.07. The Bertz CT molecular complexity index is 1740. The maximum Gasteiger partial charge on any atom is 0.265 e. The molecule has 0 unspecified atom stereocenters. The summed E-state index contributed by atoms with van der Waals surface area (Å²) in [5.74, 6) is 0.709. The lowest BCUT2D eigenvalue weighted by Gasteiger charge is -2.34. The Balaban J connectivity index is 1.34. The molecule has 210 valence electrons. The fourth-order valence-corrected chi connectivity index (χ4v) is 5.75. The number of aromatic nitrogens is 3. The molecule has 0 bridgehead atoms. The molecule has 4 heterocycles. The molecule has 4 aromatic rings. The number of rotatable bonds is 6. The van der Waals surface area contributed by atoms with Crippen molar-refractivity contribution in [3.8, 4) is 23.2 Å². The van der Waals surface area contributed by atoms with Crippen LogP contribution in [0.1, 0.15) is 52.6 Å². The second-order valence-electron chi connectivity index (χ2n) is 10.6. The molecule has 2 aliphatic rings. The zero-order chi connectivity index (χ0) is 28.7. The minimum absolute atomic E-state index is 0.0228. The van der Waals surface area contributed by atoms with E-state index >= 15 is 0 Å². The van der Waals surface area contributed by atoms with E-state index < -0.39 is 11.5 Å². The van der Waals surface area contributed by atoms with Crippen molar-refractivity contribution < 1.29 is 18.8 Å². The molecule has 6 rings (SSSR count). The van der Waals surface area contributed by atoms with E-state index in [9.17, 15) is 14.9 Å². The van der Waals surface area contributed by atoms with Crippen LogP contribution in [-0.4, -0.2) is 53.0 Å². The molecule has 0 spiro atoms. The number of hydrogen-bond donors (Lipinski definition) is 1. The van der Waals surface area contributed by atoms with Crippen LogP contribution in [-0.2, 0) is 11.8 Å². The number of piperidine rings is 1. The fourth-order valence-electron chi connectivity index (χ4n) is 5.75. The van der Waals surface area contributed by atoms with Gasteiger partial charge in [-0.15, -0.1) is 0 Å². The summed E-state index contributed by atoms with van der Waals surface area (Å²) in [6, 6.07) is 13.5. The van der Waals surface area contributed by atoms with Crippen LogP contribution in [0.4, 0.5) is 5.69 Å². The van der Waals surface area contributed by atoms with E-state index in [1.54, 1.807) is 19.2 Å². The van der Waals surface area contributed by atoms with Crippen molar-refractivity contribution in [3.63, 3.8) is 0 Å². The van der Waals surface area contributed by atoms with E-state index in [1.807, 2.05) is 36.1 Å². The monoisotopic (exact) mass is 554 g/mol. The second kappa shape index (κ2) is 10.7. The summed E-state index contributed by atoms with van der Waals surface area (Å²) in [4.78, 5) is 32.7. The van der Waals surface area contributed by atoms with Gasteiger partial charge in [0.25, 0.3) is 11.5 Å². The fraction of sp³-hybridized carbons (Fsp3) is 0.367. The zero-order valence-electron chi connectivity index (χ0n) is 22.9. The van der Waals surface area contributed by atoms with E-state index in [4.69, 9.17) is 19.7 Å². The number of carbonyl (C=O) groups excluding carboxylic acids is 1. The molecule has 0 radical (unpaired) electrons. The van der Waals surface area contributed by atoms with E-state index in [0.717, 1.165) is 17.5 Å². The van der Waals surface area contributed by atoms with Gasteiger partial charge in [0.1, 0.15) is 23.5 Å². The SMILES string of the molecule is Cc1ccccc1-c1noc(C2CCN(c3c(C(N)=O)c(=O)n(C)c4cc(O[C@H]5CCOC5)c(C#N)cc34)CC2)n1. The maximum absolute atomic E-state index is 13.4. The molecule has 2 aromatic carbocycles. The van der Waals surface area contributed by atoms with Gasteiger partial charge in [0.05, 0.1) is 30.0 Å². The highest BCUT2D eigenvalue weighted by Crippen LogP contribution is 2.38. The van der Waals surface area contributed by atoms with E-state index in [2.05, 4.69) is 16.2 Å². The van der Waals surface area contributed by atoms with Gasteiger partial charge in [-0.05, 0) is 31.4 Å². The second-order valence-corrected chi connectivity index (χ2v) is 10.6. The van der Waals surface area contributed by atoms with Gasteiger partial charge in [0.15, 0.2) is 0 Å². The minimum atomic E-state index is -0.814. The third kappa shape index (κ3) is 4.80. The zero-order valence-corrected chi connectivity index (χ0v) is 22.9. The largest absolute Gasteiger partial charge is 0.486 e. The first-order valence-electron chi connectivity index (χ1n) is 13.6. The Labute approximate surface area is 236 Å². The smallest absolute Gasteiger partial charge is 0.265 e. The van der Waals surface area contributed by atoms with E-state index in [0.29, 0.717) is 78.8 Å². The quantitative estimate of drug-likeness (QED) is 0.378. The standard InChI is InChI=1S/C30H30N6O5/c1-17-5-3-4-6-21(17)28-33-29(41-34-28)18-7-10-36(11-8-18)26-22-13-19(15-31)24(40-20-9-12-39-16-20)14-23(22)35(2)30(38)25(26)27(32)37/h3-6,13-14,18,20H,7-12,16H2,1-2H3,(H2,32,37)/t20-/m0/s1. The van der Waals surface area contributed by atoms with Gasteiger partial charge in [-0.3, -0.25) is 9.59 Å². The Morgan fingerprint density at radius 2 is 1.98 bits per heavy atom.